The third-order valence-corrected chi connectivity index (χ3v) is 13.2. The number of benzene rings is 8. The molecule has 2 aliphatic carbocycles. The normalized spacial score (nSPS) is 13.5. The molecule has 3 heteroatoms. The highest BCUT2D eigenvalue weighted by Crippen LogP contribution is 2.67. The molecule has 2 heterocycles. The summed E-state index contributed by atoms with van der Waals surface area (Å²) in [5.41, 5.74) is 17.5. The average molecular weight is 708 g/mol. The molecular weight excluding hydrogens is 675 g/mol. The molecule has 10 aromatic rings. The summed E-state index contributed by atoms with van der Waals surface area (Å²) in [5, 5.41) is 4.96. The lowest BCUT2D eigenvalue weighted by molar-refractivity contribution is 0.669. The monoisotopic (exact) mass is 707 g/mol. The minimum absolute atomic E-state index is 0.563. The zero-order valence-corrected chi connectivity index (χ0v) is 30.7. The van der Waals surface area contributed by atoms with E-state index in [-0.39, 0.29) is 0 Å². The second-order valence-corrected chi connectivity index (χ2v) is 16.0. The lowest BCUT2D eigenvalue weighted by Gasteiger charge is -2.32. The molecule has 2 aromatic heterocycles. The van der Waals surface area contributed by atoms with E-state index in [9.17, 15) is 0 Å². The van der Waals surface area contributed by atoms with Crippen LogP contribution in [0.1, 0.15) is 33.4 Å². The highest BCUT2D eigenvalue weighted by Gasteiger charge is 2.54. The van der Waals surface area contributed by atoms with Gasteiger partial charge in [0.1, 0.15) is 11.2 Å². The molecular formula is C51H33NOS. The number of hydrogen-bond acceptors (Lipinski definition) is 3. The molecule has 12 rings (SSSR count). The number of nitrogens with zero attached hydrogens (tertiary/aromatic N) is 1. The topological polar surface area (TPSA) is 16.4 Å². The maximum atomic E-state index is 7.09. The van der Waals surface area contributed by atoms with Crippen LogP contribution >= 0.6 is 11.3 Å². The first-order valence-electron chi connectivity index (χ1n) is 18.7. The molecule has 2 aliphatic rings. The molecule has 254 valence electrons. The van der Waals surface area contributed by atoms with E-state index in [0.29, 0.717) is 0 Å². The fraction of sp³-hybridized carbons (Fsp3) is 0.0588. The van der Waals surface area contributed by atoms with Crippen molar-refractivity contribution >= 4 is 70.5 Å². The van der Waals surface area contributed by atoms with E-state index in [0.717, 1.165) is 28.2 Å². The van der Waals surface area contributed by atoms with Crippen LogP contribution in [0.5, 0.6) is 0 Å². The molecule has 0 atom stereocenters. The largest absolute Gasteiger partial charge is 0.455 e. The zero-order valence-electron chi connectivity index (χ0n) is 29.9. The molecule has 0 saturated heterocycles. The Bertz CT molecular complexity index is 3090. The van der Waals surface area contributed by atoms with Crippen LogP contribution in [-0.2, 0) is 5.41 Å². The van der Waals surface area contributed by atoms with Gasteiger partial charge in [-0.25, -0.2) is 0 Å². The fourth-order valence-electron chi connectivity index (χ4n) is 9.74. The molecule has 0 radical (unpaired) electrons. The Labute approximate surface area is 317 Å². The SMILES string of the molecule is Cc1ccc(N(c2ccc(C)cc2)c2ccc3c(c2)C2(c4ccccc4-c4ccccc42)c2c-3c3oc4ccccc4c3c3c2sc2ccccc23)cc1. The van der Waals surface area contributed by atoms with Crippen molar-refractivity contribution in [1.29, 1.82) is 0 Å². The Morgan fingerprint density at radius 2 is 1.07 bits per heavy atom. The van der Waals surface area contributed by atoms with Crippen molar-refractivity contribution in [3.63, 3.8) is 0 Å². The molecule has 0 N–H and O–H groups in total. The van der Waals surface area contributed by atoms with Gasteiger partial charge in [0.05, 0.1) is 5.41 Å². The predicted molar refractivity (Wildman–Crippen MR) is 227 cm³/mol. The molecule has 0 unspecified atom stereocenters. The van der Waals surface area contributed by atoms with Crippen molar-refractivity contribution in [2.45, 2.75) is 19.3 Å². The van der Waals surface area contributed by atoms with Gasteiger partial charge in [-0.05, 0) is 95.8 Å². The summed E-state index contributed by atoms with van der Waals surface area (Å²) < 4.78 is 9.72. The molecule has 0 bridgehead atoms. The average Bonchev–Trinajstić information content (AvgIpc) is 3.94. The Morgan fingerprint density at radius 1 is 0.500 bits per heavy atom. The molecule has 2 nitrogen and oxygen atoms in total. The van der Waals surface area contributed by atoms with E-state index < -0.39 is 5.41 Å². The van der Waals surface area contributed by atoms with Crippen LogP contribution in [0.3, 0.4) is 0 Å². The van der Waals surface area contributed by atoms with Crippen LogP contribution in [0.4, 0.5) is 17.1 Å². The van der Waals surface area contributed by atoms with Gasteiger partial charge in [0.25, 0.3) is 0 Å². The van der Waals surface area contributed by atoms with Crippen molar-refractivity contribution in [2.75, 3.05) is 4.90 Å². The number of furan rings is 1. The minimum Gasteiger partial charge on any atom is -0.455 e. The van der Waals surface area contributed by atoms with Gasteiger partial charge in [-0.2, -0.15) is 0 Å². The van der Waals surface area contributed by atoms with E-state index in [1.165, 1.54) is 86.6 Å². The number of aryl methyl sites for hydroxylation is 2. The molecule has 54 heavy (non-hydrogen) atoms. The maximum Gasteiger partial charge on any atom is 0.144 e. The Hall–Kier alpha value is -6.42. The summed E-state index contributed by atoms with van der Waals surface area (Å²) >= 11 is 1.93. The summed E-state index contributed by atoms with van der Waals surface area (Å²) in [6.45, 7) is 4.30. The number of thiophene rings is 1. The van der Waals surface area contributed by atoms with E-state index in [2.05, 4.69) is 183 Å². The van der Waals surface area contributed by atoms with Crippen molar-refractivity contribution < 1.29 is 4.42 Å². The smallest absolute Gasteiger partial charge is 0.144 e. The second kappa shape index (κ2) is 10.8. The van der Waals surface area contributed by atoms with Gasteiger partial charge in [0.15, 0.2) is 0 Å². The quantitative estimate of drug-likeness (QED) is 0.182. The van der Waals surface area contributed by atoms with Crippen molar-refractivity contribution in [3.05, 3.63) is 197 Å². The zero-order chi connectivity index (χ0) is 35.7. The Balaban J connectivity index is 1.28. The van der Waals surface area contributed by atoms with Crippen LogP contribution in [-0.4, -0.2) is 0 Å². The first kappa shape index (κ1) is 30.1. The van der Waals surface area contributed by atoms with E-state index in [1.54, 1.807) is 0 Å². The molecule has 1 spiro atoms. The van der Waals surface area contributed by atoms with E-state index in [1.807, 2.05) is 11.3 Å². The van der Waals surface area contributed by atoms with Crippen molar-refractivity contribution in [1.82, 2.24) is 0 Å². The third kappa shape index (κ3) is 3.79. The van der Waals surface area contributed by atoms with Gasteiger partial charge in [-0.15, -0.1) is 11.3 Å². The summed E-state index contributed by atoms with van der Waals surface area (Å²) in [6, 6.07) is 60.7. The van der Waals surface area contributed by atoms with Gasteiger partial charge in [-0.1, -0.05) is 126 Å². The highest BCUT2D eigenvalue weighted by molar-refractivity contribution is 7.26. The van der Waals surface area contributed by atoms with E-state index >= 15 is 0 Å². The minimum atomic E-state index is -0.563. The van der Waals surface area contributed by atoms with Crippen LogP contribution < -0.4 is 4.90 Å². The van der Waals surface area contributed by atoms with Crippen LogP contribution in [0.2, 0.25) is 0 Å². The van der Waals surface area contributed by atoms with E-state index in [4.69, 9.17) is 4.42 Å². The van der Waals surface area contributed by atoms with Crippen molar-refractivity contribution in [2.24, 2.45) is 0 Å². The Kier molecular flexibility index (Phi) is 6.03. The predicted octanol–water partition coefficient (Wildman–Crippen LogP) is 14.4. The van der Waals surface area contributed by atoms with Gasteiger partial charge in [0, 0.05) is 59.1 Å². The van der Waals surface area contributed by atoms with Gasteiger partial charge in [-0.3, -0.25) is 0 Å². The first-order valence-corrected chi connectivity index (χ1v) is 19.5. The molecule has 0 aliphatic heterocycles. The first-order chi connectivity index (χ1) is 26.6. The summed E-state index contributed by atoms with van der Waals surface area (Å²) in [4.78, 5) is 2.41. The summed E-state index contributed by atoms with van der Waals surface area (Å²) in [6.07, 6.45) is 0. The molecule has 0 amide bonds. The summed E-state index contributed by atoms with van der Waals surface area (Å²) in [5.74, 6) is 0. The molecule has 0 saturated carbocycles. The third-order valence-electron chi connectivity index (χ3n) is 12.0. The van der Waals surface area contributed by atoms with Gasteiger partial charge in [0.2, 0.25) is 0 Å². The summed E-state index contributed by atoms with van der Waals surface area (Å²) in [7, 11) is 0. The van der Waals surface area contributed by atoms with Crippen molar-refractivity contribution in [3.8, 4) is 22.3 Å². The maximum absolute atomic E-state index is 7.09. The second-order valence-electron chi connectivity index (χ2n) is 14.9. The van der Waals surface area contributed by atoms with Gasteiger partial charge >= 0.3 is 0 Å². The number of para-hydroxylation sites is 1. The van der Waals surface area contributed by atoms with Crippen LogP contribution in [0, 0.1) is 13.8 Å². The lowest BCUT2D eigenvalue weighted by Crippen LogP contribution is -2.26. The molecule has 8 aromatic carbocycles. The number of anilines is 3. The standard InChI is InChI=1S/C51H33NOS/c1-30-19-23-32(24-20-30)52(33-25-21-31(2)22-26-33)34-27-28-37-42(29-34)51(40-15-7-3-11-35(40)36-12-4-8-16-41(36)51)48-47(37)49-45(38-13-5-9-17-43(38)53-49)46-39-14-6-10-18-44(39)54-50(46)48/h3-29H,1-2H3. The van der Waals surface area contributed by atoms with Crippen LogP contribution in [0.25, 0.3) is 64.4 Å². The fourth-order valence-corrected chi connectivity index (χ4v) is 11.1. The highest BCUT2D eigenvalue weighted by atomic mass is 32.1. The lowest BCUT2D eigenvalue weighted by atomic mass is 9.70. The number of hydrogen-bond donors (Lipinski definition) is 0. The number of fused-ring (bicyclic) bond motifs is 19. The van der Waals surface area contributed by atoms with Crippen LogP contribution in [0.15, 0.2) is 168 Å². The number of rotatable bonds is 3. The Morgan fingerprint density at radius 3 is 1.76 bits per heavy atom. The van der Waals surface area contributed by atoms with Gasteiger partial charge < -0.3 is 9.32 Å². The molecule has 0 fully saturated rings.